The molecule has 112 valence electrons. The lowest BCUT2D eigenvalue weighted by Gasteiger charge is -2.08. The molecule has 1 aromatic rings. The third-order valence-electron chi connectivity index (χ3n) is 2.63. The minimum absolute atomic E-state index is 0.0103. The van der Waals surface area contributed by atoms with Gasteiger partial charge in [-0.05, 0) is 44.0 Å². The molecule has 20 heavy (non-hydrogen) atoms. The van der Waals surface area contributed by atoms with Gasteiger partial charge >= 0.3 is 0 Å². The predicted molar refractivity (Wildman–Crippen MR) is 79.1 cm³/mol. The molecule has 0 bridgehead atoms. The van der Waals surface area contributed by atoms with Crippen molar-refractivity contribution in [2.24, 2.45) is 0 Å². The Morgan fingerprint density at radius 2 is 1.75 bits per heavy atom. The van der Waals surface area contributed by atoms with Gasteiger partial charge in [-0.2, -0.15) is 0 Å². The topological polar surface area (TPSA) is 95.5 Å². The van der Waals surface area contributed by atoms with E-state index in [9.17, 15) is 13.2 Å². The monoisotopic (exact) mass is 300 g/mol. The van der Waals surface area contributed by atoms with E-state index in [0.717, 1.165) is 0 Å². The van der Waals surface area contributed by atoms with Gasteiger partial charge in [0.25, 0.3) is 0 Å². The van der Waals surface area contributed by atoms with E-state index in [1.54, 1.807) is 31.2 Å². The van der Waals surface area contributed by atoms with Gasteiger partial charge in [-0.3, -0.25) is 9.52 Å². The summed E-state index contributed by atoms with van der Waals surface area (Å²) in [5.74, 6) is -0.114. The lowest BCUT2D eigenvalue weighted by molar-refractivity contribution is -0.116. The molecule has 1 aromatic carbocycles. The standard InChI is InChI=1S/C13H20N2O4S/c1-2-20(18,19)15-12-8-6-11(7-9-12)14-13(17)5-3-4-10-16/h6-9,15-16H,2-5,10H2,1H3,(H,14,17). The summed E-state index contributed by atoms with van der Waals surface area (Å²) in [6.07, 6.45) is 1.59. The molecule has 0 heterocycles. The zero-order valence-corrected chi connectivity index (χ0v) is 12.2. The maximum Gasteiger partial charge on any atom is 0.232 e. The number of amides is 1. The fourth-order valence-corrected chi connectivity index (χ4v) is 2.13. The van der Waals surface area contributed by atoms with Gasteiger partial charge in [0.15, 0.2) is 0 Å². The molecule has 0 spiro atoms. The first kappa shape index (κ1) is 16.5. The first-order valence-electron chi connectivity index (χ1n) is 6.48. The summed E-state index contributed by atoms with van der Waals surface area (Å²) in [5.41, 5.74) is 1.07. The molecule has 7 heteroatoms. The minimum Gasteiger partial charge on any atom is -0.396 e. The number of anilines is 2. The van der Waals surface area contributed by atoms with Crippen molar-refractivity contribution in [2.45, 2.75) is 26.2 Å². The molecule has 3 N–H and O–H groups in total. The van der Waals surface area contributed by atoms with Crippen LogP contribution in [0.1, 0.15) is 26.2 Å². The first-order chi connectivity index (χ1) is 9.46. The van der Waals surface area contributed by atoms with Gasteiger partial charge in [0.1, 0.15) is 0 Å². The van der Waals surface area contributed by atoms with Gasteiger partial charge in [0.05, 0.1) is 5.75 Å². The Hall–Kier alpha value is -1.60. The second-order valence-electron chi connectivity index (χ2n) is 4.31. The van der Waals surface area contributed by atoms with E-state index in [0.29, 0.717) is 30.6 Å². The van der Waals surface area contributed by atoms with Crippen molar-refractivity contribution in [2.75, 3.05) is 22.4 Å². The highest BCUT2D eigenvalue weighted by Gasteiger charge is 2.07. The second-order valence-corrected chi connectivity index (χ2v) is 6.32. The second kappa shape index (κ2) is 7.86. The Morgan fingerprint density at radius 1 is 1.15 bits per heavy atom. The van der Waals surface area contributed by atoms with Crippen molar-refractivity contribution in [3.63, 3.8) is 0 Å². The molecular formula is C13H20N2O4S. The maximum atomic E-state index is 11.5. The highest BCUT2D eigenvalue weighted by Crippen LogP contribution is 2.15. The first-order valence-corrected chi connectivity index (χ1v) is 8.13. The van der Waals surface area contributed by atoms with Crippen LogP contribution in [0.4, 0.5) is 11.4 Å². The molecular weight excluding hydrogens is 280 g/mol. The summed E-state index contributed by atoms with van der Waals surface area (Å²) in [6.45, 7) is 1.64. The normalized spacial score (nSPS) is 11.1. The van der Waals surface area contributed by atoms with Crippen LogP contribution in [0.5, 0.6) is 0 Å². The SMILES string of the molecule is CCS(=O)(=O)Nc1ccc(NC(=O)CCCCO)cc1. The number of nitrogens with one attached hydrogen (secondary N) is 2. The molecule has 0 aliphatic carbocycles. The van der Waals surface area contributed by atoms with Crippen LogP contribution in [0.15, 0.2) is 24.3 Å². The number of benzene rings is 1. The molecule has 0 saturated carbocycles. The smallest absolute Gasteiger partial charge is 0.232 e. The molecule has 0 saturated heterocycles. The van der Waals surface area contributed by atoms with Gasteiger partial charge in [0.2, 0.25) is 15.9 Å². The minimum atomic E-state index is -3.28. The van der Waals surface area contributed by atoms with Crippen molar-refractivity contribution in [1.29, 1.82) is 0 Å². The van der Waals surface area contributed by atoms with Gasteiger partial charge in [-0.1, -0.05) is 0 Å². The number of aliphatic hydroxyl groups is 1. The van der Waals surface area contributed by atoms with Crippen LogP contribution in [0, 0.1) is 0 Å². The fourth-order valence-electron chi connectivity index (χ4n) is 1.49. The Balaban J connectivity index is 2.52. The third kappa shape index (κ3) is 6.03. The van der Waals surface area contributed by atoms with Crippen LogP contribution in [-0.4, -0.2) is 31.8 Å². The molecule has 0 aliphatic rings. The van der Waals surface area contributed by atoms with E-state index in [1.807, 2.05) is 0 Å². The summed E-state index contributed by atoms with van der Waals surface area (Å²) in [7, 11) is -3.28. The van der Waals surface area contributed by atoms with Crippen molar-refractivity contribution in [3.05, 3.63) is 24.3 Å². The number of unbranched alkanes of at least 4 members (excludes halogenated alkanes) is 1. The van der Waals surface area contributed by atoms with E-state index < -0.39 is 10.0 Å². The van der Waals surface area contributed by atoms with Crippen LogP contribution in [0.3, 0.4) is 0 Å². The van der Waals surface area contributed by atoms with E-state index in [2.05, 4.69) is 10.0 Å². The van der Waals surface area contributed by atoms with Gasteiger partial charge in [0, 0.05) is 24.4 Å². The molecule has 0 radical (unpaired) electrons. The van der Waals surface area contributed by atoms with E-state index in [1.165, 1.54) is 0 Å². The summed E-state index contributed by atoms with van der Waals surface area (Å²) < 4.78 is 25.2. The Morgan fingerprint density at radius 3 is 2.30 bits per heavy atom. The summed E-state index contributed by atoms with van der Waals surface area (Å²) in [4.78, 5) is 11.5. The molecule has 0 atom stereocenters. The summed E-state index contributed by atoms with van der Waals surface area (Å²) >= 11 is 0. The summed E-state index contributed by atoms with van der Waals surface area (Å²) in [6, 6.07) is 6.46. The quantitative estimate of drug-likeness (QED) is 0.635. The highest BCUT2D eigenvalue weighted by molar-refractivity contribution is 7.92. The number of sulfonamides is 1. The molecule has 0 aromatic heterocycles. The van der Waals surface area contributed by atoms with Crippen molar-refractivity contribution in [1.82, 2.24) is 0 Å². The number of carbonyl (C=O) groups excluding carboxylic acids is 1. The maximum absolute atomic E-state index is 11.5. The average molecular weight is 300 g/mol. The molecule has 0 fully saturated rings. The van der Waals surface area contributed by atoms with E-state index >= 15 is 0 Å². The lowest BCUT2D eigenvalue weighted by atomic mass is 10.2. The van der Waals surface area contributed by atoms with Gasteiger partial charge in [-0.25, -0.2) is 8.42 Å². The number of hydrogen-bond acceptors (Lipinski definition) is 4. The van der Waals surface area contributed by atoms with E-state index in [4.69, 9.17) is 5.11 Å². The van der Waals surface area contributed by atoms with Crippen LogP contribution in [0.25, 0.3) is 0 Å². The molecule has 1 rings (SSSR count). The fraction of sp³-hybridized carbons (Fsp3) is 0.462. The molecule has 1 amide bonds. The predicted octanol–water partition coefficient (Wildman–Crippen LogP) is 1.55. The third-order valence-corrected chi connectivity index (χ3v) is 3.94. The van der Waals surface area contributed by atoms with Crippen molar-refractivity contribution >= 4 is 27.3 Å². The van der Waals surface area contributed by atoms with Crippen LogP contribution < -0.4 is 10.0 Å². The molecule has 0 aliphatic heterocycles. The van der Waals surface area contributed by atoms with Crippen molar-refractivity contribution in [3.8, 4) is 0 Å². The average Bonchev–Trinajstić information content (AvgIpc) is 2.41. The lowest BCUT2D eigenvalue weighted by Crippen LogP contribution is -2.15. The Labute approximate surface area is 119 Å². The number of hydrogen-bond donors (Lipinski definition) is 3. The largest absolute Gasteiger partial charge is 0.396 e. The van der Waals surface area contributed by atoms with Crippen LogP contribution in [0.2, 0.25) is 0 Å². The van der Waals surface area contributed by atoms with Crippen molar-refractivity contribution < 1.29 is 18.3 Å². The highest BCUT2D eigenvalue weighted by atomic mass is 32.2. The van der Waals surface area contributed by atoms with Crippen LogP contribution >= 0.6 is 0 Å². The Kier molecular flexibility index (Phi) is 6.47. The summed E-state index contributed by atoms with van der Waals surface area (Å²) in [5, 5.41) is 11.3. The zero-order valence-electron chi connectivity index (χ0n) is 11.4. The molecule has 0 unspecified atom stereocenters. The number of rotatable bonds is 8. The number of carbonyl (C=O) groups is 1. The number of aliphatic hydroxyl groups excluding tert-OH is 1. The van der Waals surface area contributed by atoms with Gasteiger partial charge < -0.3 is 10.4 Å². The Bertz CT molecular complexity index is 526. The van der Waals surface area contributed by atoms with Crippen LogP contribution in [-0.2, 0) is 14.8 Å². The molecule has 6 nitrogen and oxygen atoms in total. The van der Waals surface area contributed by atoms with Gasteiger partial charge in [-0.15, -0.1) is 0 Å². The zero-order chi connectivity index (χ0) is 15.0. The van der Waals surface area contributed by atoms with E-state index in [-0.39, 0.29) is 18.3 Å².